The summed E-state index contributed by atoms with van der Waals surface area (Å²) in [5.41, 5.74) is 0. The molecule has 0 aromatic heterocycles. The average molecular weight is 150 g/mol. The van der Waals surface area contributed by atoms with E-state index < -0.39 is 12.1 Å². The molecule has 0 aliphatic carbocycles. The molecule has 62 valence electrons. The summed E-state index contributed by atoms with van der Waals surface area (Å²) < 4.78 is 9.10. The zero-order valence-corrected chi connectivity index (χ0v) is 6.50. The molecule has 0 saturated heterocycles. The molecule has 0 amide bonds. The van der Waals surface area contributed by atoms with Crippen molar-refractivity contribution >= 4 is 0 Å². The van der Waals surface area contributed by atoms with Crippen LogP contribution in [0.3, 0.4) is 0 Å². The first-order valence-electron chi connectivity index (χ1n) is 3.11. The Morgan fingerprint density at radius 2 is 1.90 bits per heavy atom. The second kappa shape index (κ2) is 3.88. The number of hydrogen-bond acceptors (Lipinski definition) is 4. The molecule has 0 rings (SSSR count). The summed E-state index contributed by atoms with van der Waals surface area (Å²) in [7, 11) is 2.61. The first-order chi connectivity index (χ1) is 4.58. The van der Waals surface area contributed by atoms with E-state index in [1.807, 2.05) is 0 Å². The maximum Gasteiger partial charge on any atom is 0.305 e. The van der Waals surface area contributed by atoms with Crippen LogP contribution in [0, 0.1) is 0 Å². The lowest BCUT2D eigenvalue weighted by Gasteiger charge is -2.26. The van der Waals surface area contributed by atoms with Crippen LogP contribution in [0.25, 0.3) is 0 Å². The van der Waals surface area contributed by atoms with E-state index in [2.05, 4.69) is 4.74 Å². The molecule has 2 N–H and O–H groups in total. The van der Waals surface area contributed by atoms with E-state index in [-0.39, 0.29) is 0 Å². The van der Waals surface area contributed by atoms with Gasteiger partial charge in [-0.3, -0.25) is 0 Å². The van der Waals surface area contributed by atoms with Gasteiger partial charge in [0.1, 0.15) is 6.10 Å². The molecule has 0 fully saturated rings. The third-order valence-corrected chi connectivity index (χ3v) is 1.38. The highest BCUT2D eigenvalue weighted by Crippen LogP contribution is 2.13. The summed E-state index contributed by atoms with van der Waals surface area (Å²) in [6.45, 7) is 1.77. The lowest BCUT2D eigenvalue weighted by molar-refractivity contribution is -0.370. The molecule has 0 unspecified atom stereocenters. The van der Waals surface area contributed by atoms with Crippen molar-refractivity contribution in [2.75, 3.05) is 14.2 Å². The van der Waals surface area contributed by atoms with Gasteiger partial charge in [0.05, 0.1) is 0 Å². The van der Waals surface area contributed by atoms with Gasteiger partial charge in [0.25, 0.3) is 0 Å². The van der Waals surface area contributed by atoms with Crippen molar-refractivity contribution in [1.82, 2.24) is 0 Å². The van der Waals surface area contributed by atoms with Crippen LogP contribution < -0.4 is 0 Å². The van der Waals surface area contributed by atoms with Crippen LogP contribution in [0.15, 0.2) is 0 Å². The first-order valence-corrected chi connectivity index (χ1v) is 3.11. The quantitative estimate of drug-likeness (QED) is 0.540. The number of rotatable bonds is 4. The minimum Gasteiger partial charge on any atom is -0.373 e. The van der Waals surface area contributed by atoms with Crippen molar-refractivity contribution in [3.63, 3.8) is 0 Å². The molecule has 0 aliphatic heterocycles. The largest absolute Gasteiger partial charge is 0.373 e. The molecule has 4 heteroatoms. The van der Waals surface area contributed by atoms with Crippen molar-refractivity contribution in [2.45, 2.75) is 25.4 Å². The van der Waals surface area contributed by atoms with Crippen molar-refractivity contribution < 1.29 is 19.7 Å². The molecule has 0 bridgehead atoms. The summed E-state index contributed by atoms with van der Waals surface area (Å²) >= 11 is 0. The second-order valence-corrected chi connectivity index (χ2v) is 2.00. The molecule has 0 radical (unpaired) electrons. The third kappa shape index (κ3) is 2.22. The van der Waals surface area contributed by atoms with Gasteiger partial charge >= 0.3 is 5.97 Å². The summed E-state index contributed by atoms with van der Waals surface area (Å²) in [6.07, 6.45) is -0.213. The molecule has 0 aromatic carbocycles. The minimum atomic E-state index is -2.16. The van der Waals surface area contributed by atoms with Crippen molar-refractivity contribution in [2.24, 2.45) is 0 Å². The summed E-state index contributed by atoms with van der Waals surface area (Å²) in [5, 5.41) is 18.0. The Balaban J connectivity index is 3.97. The Morgan fingerprint density at radius 3 is 2.00 bits per heavy atom. The molecule has 0 aliphatic rings. The number of methoxy groups -OCH3 is 2. The predicted molar refractivity (Wildman–Crippen MR) is 35.3 cm³/mol. The van der Waals surface area contributed by atoms with Gasteiger partial charge in [-0.1, -0.05) is 6.92 Å². The molecule has 0 spiro atoms. The number of ether oxygens (including phenoxy) is 2. The monoisotopic (exact) mass is 150 g/mol. The summed E-state index contributed by atoms with van der Waals surface area (Å²) in [4.78, 5) is 0. The van der Waals surface area contributed by atoms with E-state index >= 15 is 0 Å². The molecular formula is C6H14O4. The lowest BCUT2D eigenvalue weighted by Crippen LogP contribution is -2.44. The Bertz CT molecular complexity index is 87.7. The fraction of sp³-hybridized carbons (Fsp3) is 1.00. The molecule has 0 saturated carbocycles. The van der Waals surface area contributed by atoms with Crippen molar-refractivity contribution in [3.05, 3.63) is 0 Å². The molecule has 1 atom stereocenters. The van der Waals surface area contributed by atoms with Crippen LogP contribution in [0.1, 0.15) is 13.3 Å². The highest BCUT2D eigenvalue weighted by Gasteiger charge is 2.33. The van der Waals surface area contributed by atoms with Gasteiger partial charge in [-0.2, -0.15) is 0 Å². The van der Waals surface area contributed by atoms with Gasteiger partial charge in [0.15, 0.2) is 0 Å². The SMILES string of the molecule is CC[C@@H](OC)C(O)(O)OC. The molecule has 0 heterocycles. The smallest absolute Gasteiger partial charge is 0.305 e. The standard InChI is InChI=1S/C6H14O4/c1-4-5(9-2)6(7,8)10-3/h5,7-8H,4H2,1-3H3/t5-/m1/s1. The van der Waals surface area contributed by atoms with E-state index in [0.29, 0.717) is 6.42 Å². The van der Waals surface area contributed by atoms with E-state index in [0.717, 1.165) is 0 Å². The number of aliphatic hydroxyl groups is 2. The number of hydrogen-bond donors (Lipinski definition) is 2. The van der Waals surface area contributed by atoms with Crippen LogP contribution in [-0.4, -0.2) is 36.5 Å². The molecular weight excluding hydrogens is 136 g/mol. The van der Waals surface area contributed by atoms with Crippen molar-refractivity contribution in [1.29, 1.82) is 0 Å². The van der Waals surface area contributed by atoms with E-state index in [9.17, 15) is 0 Å². The Hall–Kier alpha value is -0.160. The van der Waals surface area contributed by atoms with Crippen LogP contribution in [0.2, 0.25) is 0 Å². The van der Waals surface area contributed by atoms with Gasteiger partial charge in [-0.15, -0.1) is 0 Å². The van der Waals surface area contributed by atoms with Crippen LogP contribution in [0.4, 0.5) is 0 Å². The van der Waals surface area contributed by atoms with Crippen LogP contribution >= 0.6 is 0 Å². The lowest BCUT2D eigenvalue weighted by atomic mass is 10.2. The van der Waals surface area contributed by atoms with Gasteiger partial charge in [0, 0.05) is 14.2 Å². The van der Waals surface area contributed by atoms with E-state index in [4.69, 9.17) is 14.9 Å². The van der Waals surface area contributed by atoms with E-state index in [1.54, 1.807) is 6.92 Å². The second-order valence-electron chi connectivity index (χ2n) is 2.00. The first kappa shape index (κ1) is 9.84. The Labute approximate surface area is 60.4 Å². The van der Waals surface area contributed by atoms with Gasteiger partial charge in [0.2, 0.25) is 0 Å². The maximum atomic E-state index is 8.99. The summed E-state index contributed by atoms with van der Waals surface area (Å²) in [5.74, 6) is -2.16. The van der Waals surface area contributed by atoms with Crippen molar-refractivity contribution in [3.8, 4) is 0 Å². The average Bonchev–Trinajstić information content (AvgIpc) is 1.90. The molecule has 0 aromatic rings. The van der Waals surface area contributed by atoms with Gasteiger partial charge in [-0.25, -0.2) is 0 Å². The summed E-state index contributed by atoms with van der Waals surface area (Å²) in [6, 6.07) is 0. The molecule has 4 nitrogen and oxygen atoms in total. The van der Waals surface area contributed by atoms with Gasteiger partial charge < -0.3 is 19.7 Å². The fourth-order valence-electron chi connectivity index (χ4n) is 0.718. The maximum absolute atomic E-state index is 8.99. The van der Waals surface area contributed by atoms with Gasteiger partial charge in [-0.05, 0) is 6.42 Å². The zero-order chi connectivity index (χ0) is 8.20. The van der Waals surface area contributed by atoms with E-state index in [1.165, 1.54) is 14.2 Å². The highest BCUT2D eigenvalue weighted by molar-refractivity contribution is 4.63. The third-order valence-electron chi connectivity index (χ3n) is 1.38. The Morgan fingerprint density at radius 1 is 1.40 bits per heavy atom. The predicted octanol–water partition coefficient (Wildman–Crippen LogP) is -0.304. The van der Waals surface area contributed by atoms with Crippen LogP contribution in [0.5, 0.6) is 0 Å². The highest BCUT2D eigenvalue weighted by atomic mass is 16.8. The minimum absolute atomic E-state index is 0.483. The molecule has 10 heavy (non-hydrogen) atoms. The van der Waals surface area contributed by atoms with Crippen LogP contribution in [-0.2, 0) is 9.47 Å². The zero-order valence-electron chi connectivity index (χ0n) is 6.50. The Kier molecular flexibility index (Phi) is 3.81. The normalized spacial score (nSPS) is 15.3. The topological polar surface area (TPSA) is 58.9 Å². The fourth-order valence-corrected chi connectivity index (χ4v) is 0.718.